The molecule has 27 heavy (non-hydrogen) atoms. The zero-order valence-electron chi connectivity index (χ0n) is 15.1. The van der Waals surface area contributed by atoms with E-state index in [-0.39, 0.29) is 18.1 Å². The van der Waals surface area contributed by atoms with Crippen LogP contribution in [-0.4, -0.2) is 28.4 Å². The van der Waals surface area contributed by atoms with Crippen molar-refractivity contribution in [3.05, 3.63) is 90.1 Å². The van der Waals surface area contributed by atoms with Crippen molar-refractivity contribution < 1.29 is 9.59 Å². The summed E-state index contributed by atoms with van der Waals surface area (Å²) >= 11 is 0. The molecule has 1 N–H and O–H groups in total. The lowest BCUT2D eigenvalue weighted by atomic mass is 9.96. The molecule has 0 unspecified atom stereocenters. The number of nitrogens with one attached hydrogen (secondary N) is 1. The average molecular weight is 360 g/mol. The lowest BCUT2D eigenvalue weighted by Crippen LogP contribution is -2.32. The largest absolute Gasteiger partial charge is 0.328 e. The van der Waals surface area contributed by atoms with Crippen LogP contribution in [0.15, 0.2) is 78.5 Å². The van der Waals surface area contributed by atoms with Crippen LogP contribution in [0.4, 0.5) is 0 Å². The van der Waals surface area contributed by atoms with Gasteiger partial charge in [-0.05, 0) is 36.4 Å². The SMILES string of the molecule is C=CNC(=O)C(=C)N1Cc2c(cccc2C2=CN(N=C)/C(=C\C)C=C2)C1=O. The van der Waals surface area contributed by atoms with E-state index in [1.807, 2.05) is 43.5 Å². The second-order valence-electron chi connectivity index (χ2n) is 5.96. The normalized spacial score (nSPS) is 16.9. The topological polar surface area (TPSA) is 65.0 Å². The molecule has 6 heteroatoms. The highest BCUT2D eigenvalue weighted by Gasteiger charge is 2.33. The van der Waals surface area contributed by atoms with Gasteiger partial charge in [0, 0.05) is 24.1 Å². The number of rotatable bonds is 5. The van der Waals surface area contributed by atoms with Gasteiger partial charge in [-0.25, -0.2) is 5.01 Å². The van der Waals surface area contributed by atoms with Crippen molar-refractivity contribution >= 4 is 24.1 Å². The minimum Gasteiger partial charge on any atom is -0.328 e. The minimum atomic E-state index is -0.454. The number of allylic oxidation sites excluding steroid dienone is 4. The molecule has 0 saturated carbocycles. The Kier molecular flexibility index (Phi) is 4.90. The van der Waals surface area contributed by atoms with E-state index >= 15 is 0 Å². The van der Waals surface area contributed by atoms with Crippen LogP contribution in [0.3, 0.4) is 0 Å². The van der Waals surface area contributed by atoms with E-state index in [0.717, 1.165) is 22.4 Å². The molecule has 0 spiro atoms. The lowest BCUT2D eigenvalue weighted by molar-refractivity contribution is -0.117. The lowest BCUT2D eigenvalue weighted by Gasteiger charge is -2.21. The van der Waals surface area contributed by atoms with Crippen molar-refractivity contribution in [2.75, 3.05) is 0 Å². The number of hydrazone groups is 1. The summed E-state index contributed by atoms with van der Waals surface area (Å²) in [5.41, 5.74) is 4.21. The van der Waals surface area contributed by atoms with Crippen molar-refractivity contribution in [1.29, 1.82) is 0 Å². The maximum absolute atomic E-state index is 12.8. The Hall–Kier alpha value is -3.67. The monoisotopic (exact) mass is 360 g/mol. The van der Waals surface area contributed by atoms with Gasteiger partial charge in [-0.1, -0.05) is 37.4 Å². The van der Waals surface area contributed by atoms with E-state index in [4.69, 9.17) is 0 Å². The summed E-state index contributed by atoms with van der Waals surface area (Å²) in [5, 5.41) is 8.13. The Morgan fingerprint density at radius 3 is 2.70 bits per heavy atom. The number of fused-ring (bicyclic) bond motifs is 1. The van der Waals surface area contributed by atoms with Crippen LogP contribution < -0.4 is 5.32 Å². The molecule has 0 saturated heterocycles. The van der Waals surface area contributed by atoms with E-state index in [1.54, 1.807) is 11.1 Å². The third-order valence-corrected chi connectivity index (χ3v) is 4.51. The molecule has 0 atom stereocenters. The summed E-state index contributed by atoms with van der Waals surface area (Å²) < 4.78 is 0. The minimum absolute atomic E-state index is 0.0841. The summed E-state index contributed by atoms with van der Waals surface area (Å²) in [6.07, 6.45) is 8.97. The summed E-state index contributed by atoms with van der Waals surface area (Å²) in [4.78, 5) is 26.2. The Morgan fingerprint density at radius 2 is 2.04 bits per heavy atom. The fraction of sp³-hybridized carbons (Fsp3) is 0.0952. The molecule has 6 nitrogen and oxygen atoms in total. The molecule has 136 valence electrons. The molecule has 2 heterocycles. The Labute approximate surface area is 158 Å². The highest BCUT2D eigenvalue weighted by atomic mass is 16.2. The number of hydrogen-bond donors (Lipinski definition) is 1. The van der Waals surface area contributed by atoms with Gasteiger partial charge in [0.1, 0.15) is 5.70 Å². The van der Waals surface area contributed by atoms with Gasteiger partial charge in [0.25, 0.3) is 11.8 Å². The fourth-order valence-electron chi connectivity index (χ4n) is 3.13. The number of benzene rings is 1. The molecule has 0 radical (unpaired) electrons. The molecule has 3 rings (SSSR count). The average Bonchev–Trinajstić information content (AvgIpc) is 3.03. The molecule has 0 fully saturated rings. The molecule has 2 amide bonds. The molecule has 0 bridgehead atoms. The van der Waals surface area contributed by atoms with Gasteiger partial charge in [0.05, 0.1) is 12.2 Å². The van der Waals surface area contributed by atoms with Crippen molar-refractivity contribution in [1.82, 2.24) is 15.2 Å². The molecular weight excluding hydrogens is 340 g/mol. The van der Waals surface area contributed by atoms with Crippen molar-refractivity contribution in [3.8, 4) is 0 Å². The summed E-state index contributed by atoms with van der Waals surface area (Å²) in [5.74, 6) is -0.700. The molecule has 2 aliphatic rings. The smallest absolute Gasteiger partial charge is 0.271 e. The van der Waals surface area contributed by atoms with Gasteiger partial charge in [-0.15, -0.1) is 0 Å². The first-order valence-electron chi connectivity index (χ1n) is 8.38. The molecule has 1 aromatic rings. The van der Waals surface area contributed by atoms with Crippen LogP contribution in [-0.2, 0) is 11.3 Å². The zero-order chi connectivity index (χ0) is 19.6. The van der Waals surface area contributed by atoms with E-state index in [9.17, 15) is 9.59 Å². The predicted molar refractivity (Wildman–Crippen MR) is 106 cm³/mol. The standard InChI is InChI=1S/C21H20N4O2/c1-5-16-11-10-15(12-25(16)22-4)17-8-7-9-18-19(17)13-24(21(18)27)14(3)20(26)23-6-2/h5-12H,2-4,13H2,1H3,(H,23,26)/b16-5-. The Morgan fingerprint density at radius 1 is 1.30 bits per heavy atom. The molecule has 1 aromatic carbocycles. The maximum Gasteiger partial charge on any atom is 0.271 e. The van der Waals surface area contributed by atoms with E-state index in [2.05, 4.69) is 30.3 Å². The number of amides is 2. The Bertz CT molecular complexity index is 953. The number of carbonyl (C=O) groups is 2. The summed E-state index contributed by atoms with van der Waals surface area (Å²) in [7, 11) is 0. The third-order valence-electron chi connectivity index (χ3n) is 4.51. The maximum atomic E-state index is 12.8. The van der Waals surface area contributed by atoms with E-state index in [0.29, 0.717) is 5.56 Å². The van der Waals surface area contributed by atoms with Gasteiger partial charge in [0.2, 0.25) is 0 Å². The fourth-order valence-corrected chi connectivity index (χ4v) is 3.13. The van der Waals surface area contributed by atoms with Gasteiger partial charge < -0.3 is 5.32 Å². The van der Waals surface area contributed by atoms with Crippen LogP contribution in [0.5, 0.6) is 0 Å². The second-order valence-corrected chi connectivity index (χ2v) is 5.96. The van der Waals surface area contributed by atoms with Gasteiger partial charge in [0.15, 0.2) is 0 Å². The number of hydrogen-bond acceptors (Lipinski definition) is 4. The zero-order valence-corrected chi connectivity index (χ0v) is 15.1. The van der Waals surface area contributed by atoms with Gasteiger partial charge in [-0.3, -0.25) is 14.5 Å². The number of nitrogens with zero attached hydrogens (tertiary/aromatic N) is 3. The van der Waals surface area contributed by atoms with Gasteiger partial charge >= 0.3 is 0 Å². The van der Waals surface area contributed by atoms with Crippen LogP contribution in [0.25, 0.3) is 5.57 Å². The quantitative estimate of drug-likeness (QED) is 0.648. The summed E-state index contributed by atoms with van der Waals surface area (Å²) in [6, 6.07) is 5.53. The summed E-state index contributed by atoms with van der Waals surface area (Å²) in [6.45, 7) is 13.0. The molecular formula is C21H20N4O2. The van der Waals surface area contributed by atoms with Crippen molar-refractivity contribution in [2.24, 2.45) is 5.10 Å². The van der Waals surface area contributed by atoms with Crippen molar-refractivity contribution in [2.45, 2.75) is 13.5 Å². The molecule has 2 aliphatic heterocycles. The highest BCUT2D eigenvalue weighted by Crippen LogP contribution is 2.34. The van der Waals surface area contributed by atoms with Crippen LogP contribution in [0.2, 0.25) is 0 Å². The van der Waals surface area contributed by atoms with Crippen molar-refractivity contribution in [3.63, 3.8) is 0 Å². The van der Waals surface area contributed by atoms with E-state index < -0.39 is 5.91 Å². The molecule has 0 aromatic heterocycles. The third kappa shape index (κ3) is 3.13. The number of carbonyl (C=O) groups excluding carboxylic acids is 2. The van der Waals surface area contributed by atoms with E-state index in [1.165, 1.54) is 11.1 Å². The molecule has 0 aliphatic carbocycles. The van der Waals surface area contributed by atoms with Crippen LogP contribution in [0.1, 0.15) is 28.4 Å². The van der Waals surface area contributed by atoms with Crippen LogP contribution >= 0.6 is 0 Å². The first-order chi connectivity index (χ1) is 13.0. The second kappa shape index (κ2) is 7.29. The predicted octanol–water partition coefficient (Wildman–Crippen LogP) is 3.15. The Balaban J connectivity index is 1.98. The highest BCUT2D eigenvalue weighted by molar-refractivity contribution is 6.06. The first-order valence-corrected chi connectivity index (χ1v) is 8.38. The first kappa shape index (κ1) is 18.1. The van der Waals surface area contributed by atoms with Crippen LogP contribution in [0, 0.1) is 0 Å². The van der Waals surface area contributed by atoms with Gasteiger partial charge in [-0.2, -0.15) is 5.10 Å².